The Labute approximate surface area is 111 Å². The Balaban J connectivity index is 1.97. The second kappa shape index (κ2) is 4.72. The first-order chi connectivity index (χ1) is 9.25. The van der Waals surface area contributed by atoms with Gasteiger partial charge in [-0.25, -0.2) is 9.78 Å². The van der Waals surface area contributed by atoms with Crippen molar-refractivity contribution in [2.75, 3.05) is 11.4 Å². The predicted molar refractivity (Wildman–Crippen MR) is 73.0 cm³/mol. The van der Waals surface area contributed by atoms with Crippen LogP contribution in [0.25, 0.3) is 0 Å². The molecule has 4 heteroatoms. The summed E-state index contributed by atoms with van der Waals surface area (Å²) in [5.74, 6) is -0.143. The van der Waals surface area contributed by atoms with Gasteiger partial charge < -0.3 is 10.0 Å². The number of anilines is 2. The Morgan fingerprint density at radius 3 is 2.79 bits per heavy atom. The van der Waals surface area contributed by atoms with Gasteiger partial charge in [-0.3, -0.25) is 0 Å². The molecule has 0 aliphatic carbocycles. The molecule has 0 unspecified atom stereocenters. The number of carboxylic acids is 1. The molecule has 0 bridgehead atoms. The maximum Gasteiger partial charge on any atom is 0.337 e. The van der Waals surface area contributed by atoms with Crippen LogP contribution in [0.4, 0.5) is 11.5 Å². The van der Waals surface area contributed by atoms with Crippen molar-refractivity contribution in [3.05, 3.63) is 53.7 Å². The molecule has 2 aromatic rings. The lowest BCUT2D eigenvalue weighted by atomic mass is 10.0. The molecule has 0 spiro atoms. The van der Waals surface area contributed by atoms with Crippen LogP contribution in [-0.2, 0) is 6.42 Å². The minimum atomic E-state index is -0.946. The molecule has 96 valence electrons. The number of benzene rings is 1. The van der Waals surface area contributed by atoms with Gasteiger partial charge in [0.15, 0.2) is 0 Å². The molecule has 19 heavy (non-hydrogen) atoms. The van der Waals surface area contributed by atoms with E-state index < -0.39 is 5.97 Å². The highest BCUT2D eigenvalue weighted by atomic mass is 16.4. The first kappa shape index (κ1) is 11.7. The van der Waals surface area contributed by atoms with Crippen LogP contribution in [0.5, 0.6) is 0 Å². The van der Waals surface area contributed by atoms with Crippen molar-refractivity contribution >= 4 is 17.5 Å². The molecule has 0 atom stereocenters. The lowest BCUT2D eigenvalue weighted by Crippen LogP contribution is -2.25. The number of fused-ring (bicyclic) bond motifs is 1. The van der Waals surface area contributed by atoms with Gasteiger partial charge >= 0.3 is 5.97 Å². The molecule has 1 aliphatic heterocycles. The second-order valence-corrected chi connectivity index (χ2v) is 4.59. The molecule has 1 aliphatic rings. The Bertz CT molecular complexity index is 608. The number of hydrogen-bond donors (Lipinski definition) is 1. The number of aromatic nitrogens is 1. The van der Waals surface area contributed by atoms with Crippen molar-refractivity contribution in [3.63, 3.8) is 0 Å². The van der Waals surface area contributed by atoms with Crippen molar-refractivity contribution in [3.8, 4) is 0 Å². The minimum absolute atomic E-state index is 0.217. The van der Waals surface area contributed by atoms with Crippen LogP contribution in [0.3, 0.4) is 0 Å². The third-order valence-electron chi connectivity index (χ3n) is 3.38. The van der Waals surface area contributed by atoms with Crippen LogP contribution in [0.15, 0.2) is 42.6 Å². The van der Waals surface area contributed by atoms with E-state index in [9.17, 15) is 4.79 Å². The van der Waals surface area contributed by atoms with E-state index in [2.05, 4.69) is 22.0 Å². The summed E-state index contributed by atoms with van der Waals surface area (Å²) in [4.78, 5) is 17.2. The zero-order valence-electron chi connectivity index (χ0n) is 10.4. The molecule has 4 nitrogen and oxygen atoms in total. The van der Waals surface area contributed by atoms with Gasteiger partial charge in [0, 0.05) is 18.4 Å². The maximum absolute atomic E-state index is 10.8. The topological polar surface area (TPSA) is 53.4 Å². The molecule has 2 heterocycles. The van der Waals surface area contributed by atoms with Crippen molar-refractivity contribution in [1.82, 2.24) is 4.98 Å². The number of rotatable bonds is 2. The van der Waals surface area contributed by atoms with Gasteiger partial charge in [0.05, 0.1) is 5.56 Å². The molecule has 0 amide bonds. The van der Waals surface area contributed by atoms with Crippen molar-refractivity contribution in [1.29, 1.82) is 0 Å². The van der Waals surface area contributed by atoms with E-state index in [4.69, 9.17) is 5.11 Å². The number of aryl methyl sites for hydroxylation is 1. The van der Waals surface area contributed by atoms with Crippen molar-refractivity contribution in [2.45, 2.75) is 12.8 Å². The van der Waals surface area contributed by atoms with Gasteiger partial charge in [0.25, 0.3) is 0 Å². The average molecular weight is 254 g/mol. The summed E-state index contributed by atoms with van der Waals surface area (Å²) in [6, 6.07) is 11.6. The van der Waals surface area contributed by atoms with Gasteiger partial charge in [-0.05, 0) is 36.6 Å². The van der Waals surface area contributed by atoms with Crippen molar-refractivity contribution < 1.29 is 9.90 Å². The van der Waals surface area contributed by atoms with Crippen LogP contribution in [0, 0.1) is 0 Å². The van der Waals surface area contributed by atoms with Gasteiger partial charge in [-0.15, -0.1) is 0 Å². The van der Waals surface area contributed by atoms with E-state index in [1.165, 1.54) is 17.4 Å². The molecule has 0 radical (unpaired) electrons. The fourth-order valence-corrected chi connectivity index (χ4v) is 2.44. The molecule has 1 N–H and O–H groups in total. The SMILES string of the molecule is O=C(O)c1ccc(N2CCCc3ccccc32)nc1. The molecule has 0 saturated carbocycles. The second-order valence-electron chi connectivity index (χ2n) is 4.59. The summed E-state index contributed by atoms with van der Waals surface area (Å²) in [7, 11) is 0. The minimum Gasteiger partial charge on any atom is -0.478 e. The number of carboxylic acid groups (broad SMARTS) is 1. The molecule has 3 rings (SSSR count). The number of aromatic carboxylic acids is 1. The Morgan fingerprint density at radius 1 is 1.21 bits per heavy atom. The van der Waals surface area contributed by atoms with Crippen LogP contribution < -0.4 is 4.90 Å². The van der Waals surface area contributed by atoms with E-state index in [-0.39, 0.29) is 5.56 Å². The lowest BCUT2D eigenvalue weighted by molar-refractivity contribution is 0.0696. The van der Waals surface area contributed by atoms with E-state index >= 15 is 0 Å². The van der Waals surface area contributed by atoms with Gasteiger partial charge in [0.2, 0.25) is 0 Å². The molecule has 0 fully saturated rings. The molecule has 0 saturated heterocycles. The normalized spacial score (nSPS) is 14.0. The summed E-state index contributed by atoms with van der Waals surface area (Å²) in [5.41, 5.74) is 2.70. The van der Waals surface area contributed by atoms with E-state index in [1.807, 2.05) is 12.1 Å². The summed E-state index contributed by atoms with van der Waals surface area (Å²) in [6.45, 7) is 0.913. The van der Waals surface area contributed by atoms with Crippen LogP contribution in [0.1, 0.15) is 22.3 Å². The predicted octanol–water partition coefficient (Wildman–Crippen LogP) is 2.86. The third-order valence-corrected chi connectivity index (χ3v) is 3.38. The van der Waals surface area contributed by atoms with Gasteiger partial charge in [0.1, 0.15) is 5.82 Å². The van der Waals surface area contributed by atoms with Gasteiger partial charge in [-0.1, -0.05) is 18.2 Å². The van der Waals surface area contributed by atoms with E-state index in [0.717, 1.165) is 25.2 Å². The first-order valence-corrected chi connectivity index (χ1v) is 6.30. The number of hydrogen-bond acceptors (Lipinski definition) is 3. The number of nitrogens with zero attached hydrogens (tertiary/aromatic N) is 2. The summed E-state index contributed by atoms with van der Waals surface area (Å²) in [5, 5.41) is 8.89. The zero-order valence-corrected chi connectivity index (χ0v) is 10.4. The zero-order chi connectivity index (χ0) is 13.2. The summed E-state index contributed by atoms with van der Waals surface area (Å²) >= 11 is 0. The van der Waals surface area contributed by atoms with E-state index in [0.29, 0.717) is 0 Å². The van der Waals surface area contributed by atoms with E-state index in [1.54, 1.807) is 12.1 Å². The monoisotopic (exact) mass is 254 g/mol. The largest absolute Gasteiger partial charge is 0.478 e. The average Bonchev–Trinajstić information content (AvgIpc) is 2.47. The number of para-hydroxylation sites is 1. The molecular weight excluding hydrogens is 240 g/mol. The quantitative estimate of drug-likeness (QED) is 0.895. The van der Waals surface area contributed by atoms with Crippen LogP contribution in [0.2, 0.25) is 0 Å². The van der Waals surface area contributed by atoms with Gasteiger partial charge in [-0.2, -0.15) is 0 Å². The highest BCUT2D eigenvalue weighted by Crippen LogP contribution is 2.31. The Morgan fingerprint density at radius 2 is 2.05 bits per heavy atom. The van der Waals surface area contributed by atoms with Crippen LogP contribution in [-0.4, -0.2) is 22.6 Å². The Kier molecular flexibility index (Phi) is 2.91. The standard InChI is InChI=1S/C15H14N2O2/c18-15(19)12-7-8-14(16-10-12)17-9-3-5-11-4-1-2-6-13(11)17/h1-2,4,6-8,10H,3,5,9H2,(H,18,19). The smallest absolute Gasteiger partial charge is 0.337 e. The maximum atomic E-state index is 10.8. The Hall–Kier alpha value is -2.36. The number of carbonyl (C=O) groups is 1. The summed E-state index contributed by atoms with van der Waals surface area (Å²) < 4.78 is 0. The third kappa shape index (κ3) is 2.17. The summed E-state index contributed by atoms with van der Waals surface area (Å²) in [6.07, 6.45) is 3.58. The van der Waals surface area contributed by atoms with Crippen molar-refractivity contribution in [2.24, 2.45) is 0 Å². The highest BCUT2D eigenvalue weighted by Gasteiger charge is 2.18. The highest BCUT2D eigenvalue weighted by molar-refractivity contribution is 5.87. The molecule has 1 aromatic heterocycles. The lowest BCUT2D eigenvalue weighted by Gasteiger charge is -2.30. The fourth-order valence-electron chi connectivity index (χ4n) is 2.44. The fraction of sp³-hybridized carbons (Fsp3) is 0.200. The van der Waals surface area contributed by atoms with Crippen LogP contribution >= 0.6 is 0 Å². The number of pyridine rings is 1. The first-order valence-electron chi connectivity index (χ1n) is 6.30. The molecular formula is C15H14N2O2. The molecule has 1 aromatic carbocycles.